The van der Waals surface area contributed by atoms with Crippen LogP contribution in [0.5, 0.6) is 5.75 Å². The van der Waals surface area contributed by atoms with Gasteiger partial charge in [-0.15, -0.1) is 0 Å². The molecule has 0 bridgehead atoms. The van der Waals surface area contributed by atoms with Crippen LogP contribution in [0.15, 0.2) is 23.4 Å². The summed E-state index contributed by atoms with van der Waals surface area (Å²) in [4.78, 5) is 0. The lowest BCUT2D eigenvalue weighted by Gasteiger charge is -2.28. The summed E-state index contributed by atoms with van der Waals surface area (Å²) >= 11 is 0. The Labute approximate surface area is 115 Å². The van der Waals surface area contributed by atoms with Gasteiger partial charge in [-0.2, -0.15) is 0 Å². The van der Waals surface area contributed by atoms with Crippen LogP contribution in [-0.2, 0) is 0 Å². The van der Waals surface area contributed by atoms with Crippen molar-refractivity contribution in [3.8, 4) is 5.75 Å². The predicted molar refractivity (Wildman–Crippen MR) is 77.2 cm³/mol. The highest BCUT2D eigenvalue weighted by molar-refractivity contribution is 6.00. The second kappa shape index (κ2) is 6.09. The van der Waals surface area contributed by atoms with Gasteiger partial charge in [0.2, 0.25) is 0 Å². The molecular formula is C16H23NO2. The highest BCUT2D eigenvalue weighted by Gasteiger charge is 2.21. The van der Waals surface area contributed by atoms with Crippen LogP contribution in [0.4, 0.5) is 0 Å². The molecule has 0 aliphatic heterocycles. The molecule has 3 nitrogen and oxygen atoms in total. The largest absolute Gasteiger partial charge is 0.490 e. The van der Waals surface area contributed by atoms with Gasteiger partial charge >= 0.3 is 0 Å². The minimum atomic E-state index is 0.288. The molecule has 3 heteroatoms. The van der Waals surface area contributed by atoms with Gasteiger partial charge in [-0.1, -0.05) is 24.6 Å². The third kappa shape index (κ3) is 3.49. The molecule has 2 rings (SSSR count). The Morgan fingerprint density at radius 3 is 2.84 bits per heavy atom. The second-order valence-electron chi connectivity index (χ2n) is 5.70. The van der Waals surface area contributed by atoms with E-state index in [2.05, 4.69) is 12.1 Å². The zero-order valence-electron chi connectivity index (χ0n) is 12.0. The Bertz CT molecular complexity index is 468. The summed E-state index contributed by atoms with van der Waals surface area (Å²) in [6.45, 7) is 6.12. The van der Waals surface area contributed by atoms with Gasteiger partial charge in [0.1, 0.15) is 5.75 Å². The Kier molecular flexibility index (Phi) is 4.46. The first-order chi connectivity index (χ1) is 9.10. The van der Waals surface area contributed by atoms with Gasteiger partial charge in [0.05, 0.1) is 11.8 Å². The smallest absolute Gasteiger partial charge is 0.129 e. The highest BCUT2D eigenvalue weighted by atomic mass is 16.5. The summed E-state index contributed by atoms with van der Waals surface area (Å²) in [7, 11) is 0. The SMILES string of the molecule is CC(=NO)c1ccc(C)cc1OC1CCCC(C)C1. The quantitative estimate of drug-likeness (QED) is 0.504. The van der Waals surface area contributed by atoms with E-state index >= 15 is 0 Å². The number of aryl methyl sites for hydroxylation is 1. The minimum absolute atomic E-state index is 0.288. The maximum absolute atomic E-state index is 8.96. The first-order valence-corrected chi connectivity index (χ1v) is 7.06. The van der Waals surface area contributed by atoms with E-state index in [1.807, 2.05) is 25.1 Å². The average molecular weight is 261 g/mol. The molecule has 1 saturated carbocycles. The normalized spacial score (nSPS) is 24.3. The van der Waals surface area contributed by atoms with Crippen LogP contribution in [0.2, 0.25) is 0 Å². The molecule has 0 amide bonds. The standard InChI is InChI=1S/C16H23NO2/c1-11-5-4-6-14(9-11)19-16-10-12(2)7-8-15(16)13(3)17-18/h7-8,10-11,14,18H,4-6,9H2,1-3H3. The number of hydrogen-bond acceptors (Lipinski definition) is 3. The first kappa shape index (κ1) is 13.9. The van der Waals surface area contributed by atoms with Crippen molar-refractivity contribution < 1.29 is 9.94 Å². The van der Waals surface area contributed by atoms with Crippen LogP contribution in [-0.4, -0.2) is 17.0 Å². The first-order valence-electron chi connectivity index (χ1n) is 7.06. The molecule has 1 aliphatic rings. The molecule has 0 heterocycles. The van der Waals surface area contributed by atoms with E-state index in [-0.39, 0.29) is 6.10 Å². The van der Waals surface area contributed by atoms with Crippen molar-refractivity contribution in [2.75, 3.05) is 0 Å². The molecule has 0 saturated heterocycles. The van der Waals surface area contributed by atoms with Crippen LogP contribution < -0.4 is 4.74 Å². The van der Waals surface area contributed by atoms with Gasteiger partial charge < -0.3 is 9.94 Å². The van der Waals surface area contributed by atoms with Crippen molar-refractivity contribution >= 4 is 5.71 Å². The number of hydrogen-bond donors (Lipinski definition) is 1. The van der Waals surface area contributed by atoms with Crippen molar-refractivity contribution in [3.63, 3.8) is 0 Å². The van der Waals surface area contributed by atoms with Crippen LogP contribution in [0, 0.1) is 12.8 Å². The molecule has 1 aliphatic carbocycles. The Morgan fingerprint density at radius 1 is 1.37 bits per heavy atom. The van der Waals surface area contributed by atoms with E-state index in [4.69, 9.17) is 9.94 Å². The number of nitrogens with zero attached hydrogens (tertiary/aromatic N) is 1. The molecule has 2 unspecified atom stereocenters. The van der Waals surface area contributed by atoms with Gasteiger partial charge in [0.15, 0.2) is 0 Å². The van der Waals surface area contributed by atoms with Crippen molar-refractivity contribution in [2.24, 2.45) is 11.1 Å². The predicted octanol–water partition coefficient (Wildman–Crippen LogP) is 4.15. The van der Waals surface area contributed by atoms with Crippen LogP contribution in [0.3, 0.4) is 0 Å². The van der Waals surface area contributed by atoms with Crippen molar-refractivity contribution in [1.82, 2.24) is 0 Å². The number of rotatable bonds is 3. The van der Waals surface area contributed by atoms with E-state index in [1.54, 1.807) is 6.92 Å². The Balaban J connectivity index is 2.20. The third-order valence-electron chi connectivity index (χ3n) is 3.86. The summed E-state index contributed by atoms with van der Waals surface area (Å²) in [5, 5.41) is 12.3. The summed E-state index contributed by atoms with van der Waals surface area (Å²) in [6.07, 6.45) is 5.06. The third-order valence-corrected chi connectivity index (χ3v) is 3.86. The summed E-state index contributed by atoms with van der Waals surface area (Å²) in [5.74, 6) is 1.58. The maximum atomic E-state index is 8.96. The molecule has 1 fully saturated rings. The van der Waals surface area contributed by atoms with E-state index < -0.39 is 0 Å². The van der Waals surface area contributed by atoms with Gasteiger partial charge in [0.25, 0.3) is 0 Å². The fraction of sp³-hybridized carbons (Fsp3) is 0.562. The van der Waals surface area contributed by atoms with Gasteiger partial charge in [-0.25, -0.2) is 0 Å². The molecule has 0 radical (unpaired) electrons. The van der Waals surface area contributed by atoms with Crippen molar-refractivity contribution in [1.29, 1.82) is 0 Å². The molecule has 104 valence electrons. The molecule has 1 aromatic carbocycles. The van der Waals surface area contributed by atoms with E-state index in [0.29, 0.717) is 5.71 Å². The monoisotopic (exact) mass is 261 g/mol. The van der Waals surface area contributed by atoms with Crippen molar-refractivity contribution in [3.05, 3.63) is 29.3 Å². The number of oxime groups is 1. The van der Waals surface area contributed by atoms with Crippen molar-refractivity contribution in [2.45, 2.75) is 52.6 Å². The second-order valence-corrected chi connectivity index (χ2v) is 5.70. The van der Waals surface area contributed by atoms with E-state index in [1.165, 1.54) is 12.8 Å². The fourth-order valence-electron chi connectivity index (χ4n) is 2.74. The average Bonchev–Trinajstić information content (AvgIpc) is 2.38. The van der Waals surface area contributed by atoms with Crippen LogP contribution in [0.1, 0.15) is 50.7 Å². The molecule has 0 aromatic heterocycles. The van der Waals surface area contributed by atoms with Crippen LogP contribution in [0.25, 0.3) is 0 Å². The zero-order chi connectivity index (χ0) is 13.8. The topological polar surface area (TPSA) is 41.8 Å². The Hall–Kier alpha value is -1.51. The fourth-order valence-corrected chi connectivity index (χ4v) is 2.74. The number of benzene rings is 1. The summed E-state index contributed by atoms with van der Waals surface area (Å²) < 4.78 is 6.17. The minimum Gasteiger partial charge on any atom is -0.490 e. The molecule has 19 heavy (non-hydrogen) atoms. The zero-order valence-corrected chi connectivity index (χ0v) is 12.0. The lowest BCUT2D eigenvalue weighted by molar-refractivity contribution is 0.129. The van der Waals surface area contributed by atoms with Gasteiger partial charge in [-0.3, -0.25) is 0 Å². The lowest BCUT2D eigenvalue weighted by atomic mass is 9.88. The van der Waals surface area contributed by atoms with Crippen LogP contribution >= 0.6 is 0 Å². The van der Waals surface area contributed by atoms with E-state index in [0.717, 1.165) is 35.6 Å². The van der Waals surface area contributed by atoms with E-state index in [9.17, 15) is 0 Å². The van der Waals surface area contributed by atoms with Gasteiger partial charge in [-0.05, 0) is 56.7 Å². The molecule has 1 aromatic rings. The Morgan fingerprint density at radius 2 is 2.16 bits per heavy atom. The molecule has 1 N–H and O–H groups in total. The number of ether oxygens (including phenoxy) is 1. The van der Waals surface area contributed by atoms with Gasteiger partial charge in [0, 0.05) is 5.56 Å². The maximum Gasteiger partial charge on any atom is 0.129 e. The molecule has 2 atom stereocenters. The molecule has 0 spiro atoms. The molecular weight excluding hydrogens is 238 g/mol. The lowest BCUT2D eigenvalue weighted by Crippen LogP contribution is -2.24. The summed E-state index contributed by atoms with van der Waals surface area (Å²) in [5.41, 5.74) is 2.64. The summed E-state index contributed by atoms with van der Waals surface area (Å²) in [6, 6.07) is 6.01. The highest BCUT2D eigenvalue weighted by Crippen LogP contribution is 2.29.